The predicted octanol–water partition coefficient (Wildman–Crippen LogP) is 2.65. The van der Waals surface area contributed by atoms with Gasteiger partial charge in [0.25, 0.3) is 0 Å². The van der Waals surface area contributed by atoms with Crippen molar-refractivity contribution in [2.45, 2.75) is 12.8 Å². The molecular weight excluding hydrogens is 196 g/mol. The maximum atomic E-state index is 4.46. The van der Waals surface area contributed by atoms with Crippen LogP contribution in [0.4, 0.5) is 5.69 Å². The molecule has 82 valence electrons. The van der Waals surface area contributed by atoms with E-state index in [1.165, 1.54) is 37.2 Å². The molecule has 2 aliphatic heterocycles. The first-order valence-electron chi connectivity index (χ1n) is 6.00. The number of hydrogen-bond donors (Lipinski definition) is 0. The number of benzene rings is 1. The number of hydrogen-bond acceptors (Lipinski definition) is 2. The highest BCUT2D eigenvalue weighted by Crippen LogP contribution is 2.22. The first-order valence-corrected chi connectivity index (χ1v) is 6.00. The van der Waals surface area contributed by atoms with Gasteiger partial charge in [-0.25, -0.2) is 0 Å². The van der Waals surface area contributed by atoms with Crippen LogP contribution in [0.1, 0.15) is 18.4 Å². The number of aliphatic imine (C=N–C) groups is 1. The second-order valence-electron chi connectivity index (χ2n) is 4.37. The standard InChI is InChI=1S/C14H16N2/c1-2-10-16(9-1)13-6-3-5-12(11-13)14-7-4-8-15-14/h3-7,11H,1-2,8-10H2. The van der Waals surface area contributed by atoms with E-state index < -0.39 is 0 Å². The summed E-state index contributed by atoms with van der Waals surface area (Å²) in [7, 11) is 0. The van der Waals surface area contributed by atoms with E-state index in [0.29, 0.717) is 0 Å². The number of nitrogens with zero attached hydrogens (tertiary/aromatic N) is 2. The van der Waals surface area contributed by atoms with Crippen molar-refractivity contribution in [3.8, 4) is 0 Å². The monoisotopic (exact) mass is 212 g/mol. The third-order valence-corrected chi connectivity index (χ3v) is 3.26. The van der Waals surface area contributed by atoms with Crippen LogP contribution in [-0.2, 0) is 0 Å². The van der Waals surface area contributed by atoms with Crippen molar-refractivity contribution in [1.29, 1.82) is 0 Å². The molecule has 0 aliphatic carbocycles. The van der Waals surface area contributed by atoms with Crippen molar-refractivity contribution in [3.05, 3.63) is 42.0 Å². The van der Waals surface area contributed by atoms with Gasteiger partial charge in [0.1, 0.15) is 0 Å². The summed E-state index contributed by atoms with van der Waals surface area (Å²) in [6.45, 7) is 3.24. The third-order valence-electron chi connectivity index (χ3n) is 3.26. The van der Waals surface area contributed by atoms with Crippen LogP contribution in [-0.4, -0.2) is 25.3 Å². The van der Waals surface area contributed by atoms with Gasteiger partial charge in [-0.15, -0.1) is 0 Å². The predicted molar refractivity (Wildman–Crippen MR) is 68.4 cm³/mol. The van der Waals surface area contributed by atoms with Crippen LogP contribution < -0.4 is 4.90 Å². The van der Waals surface area contributed by atoms with Crippen molar-refractivity contribution in [2.24, 2.45) is 4.99 Å². The SMILES string of the molecule is C1=CC(c2cccc(N3CCCC3)c2)=NC1. The highest BCUT2D eigenvalue weighted by atomic mass is 15.1. The molecule has 0 unspecified atom stereocenters. The first kappa shape index (κ1) is 9.64. The second-order valence-corrected chi connectivity index (χ2v) is 4.37. The fraction of sp³-hybridized carbons (Fsp3) is 0.357. The lowest BCUT2D eigenvalue weighted by Gasteiger charge is -2.18. The van der Waals surface area contributed by atoms with Gasteiger partial charge >= 0.3 is 0 Å². The fourth-order valence-corrected chi connectivity index (χ4v) is 2.39. The van der Waals surface area contributed by atoms with E-state index in [2.05, 4.69) is 46.3 Å². The normalized spacial score (nSPS) is 19.2. The molecule has 2 aliphatic rings. The molecule has 0 spiro atoms. The van der Waals surface area contributed by atoms with Crippen LogP contribution in [0.3, 0.4) is 0 Å². The number of anilines is 1. The van der Waals surface area contributed by atoms with E-state index >= 15 is 0 Å². The van der Waals surface area contributed by atoms with Gasteiger partial charge in [0.15, 0.2) is 0 Å². The van der Waals surface area contributed by atoms with E-state index in [4.69, 9.17) is 0 Å². The molecule has 1 fully saturated rings. The smallest absolute Gasteiger partial charge is 0.0648 e. The van der Waals surface area contributed by atoms with Crippen LogP contribution in [0.5, 0.6) is 0 Å². The summed E-state index contributed by atoms with van der Waals surface area (Å²) in [5, 5.41) is 0. The zero-order valence-corrected chi connectivity index (χ0v) is 9.39. The Hall–Kier alpha value is -1.57. The molecule has 0 N–H and O–H groups in total. The molecule has 2 heteroatoms. The summed E-state index contributed by atoms with van der Waals surface area (Å²) in [6.07, 6.45) is 6.87. The number of rotatable bonds is 2. The Balaban J connectivity index is 1.90. The quantitative estimate of drug-likeness (QED) is 0.736. The molecule has 0 aromatic heterocycles. The van der Waals surface area contributed by atoms with E-state index in [1.54, 1.807) is 0 Å². The summed E-state index contributed by atoms with van der Waals surface area (Å²) >= 11 is 0. The van der Waals surface area contributed by atoms with Gasteiger partial charge in [-0.3, -0.25) is 4.99 Å². The lowest BCUT2D eigenvalue weighted by Crippen LogP contribution is -2.17. The van der Waals surface area contributed by atoms with Gasteiger partial charge in [-0.2, -0.15) is 0 Å². The topological polar surface area (TPSA) is 15.6 Å². The van der Waals surface area contributed by atoms with Crippen molar-refractivity contribution in [2.75, 3.05) is 24.5 Å². The van der Waals surface area contributed by atoms with Crippen molar-refractivity contribution >= 4 is 11.4 Å². The summed E-state index contributed by atoms with van der Waals surface area (Å²) in [5.74, 6) is 0. The van der Waals surface area contributed by atoms with E-state index in [9.17, 15) is 0 Å². The van der Waals surface area contributed by atoms with Gasteiger partial charge in [0.05, 0.1) is 12.3 Å². The summed E-state index contributed by atoms with van der Waals surface area (Å²) in [6, 6.07) is 8.75. The van der Waals surface area contributed by atoms with Crippen LogP contribution in [0.25, 0.3) is 0 Å². The second kappa shape index (κ2) is 4.12. The molecule has 2 nitrogen and oxygen atoms in total. The van der Waals surface area contributed by atoms with E-state index in [0.717, 1.165) is 12.3 Å². The van der Waals surface area contributed by atoms with E-state index in [1.807, 2.05) is 0 Å². The van der Waals surface area contributed by atoms with Gasteiger partial charge < -0.3 is 4.90 Å². The van der Waals surface area contributed by atoms with Crippen LogP contribution >= 0.6 is 0 Å². The Morgan fingerprint density at radius 3 is 2.75 bits per heavy atom. The molecule has 16 heavy (non-hydrogen) atoms. The maximum Gasteiger partial charge on any atom is 0.0648 e. The Kier molecular flexibility index (Phi) is 2.49. The molecular formula is C14H16N2. The number of allylic oxidation sites excluding steroid dienone is 1. The molecule has 1 aromatic carbocycles. The molecule has 0 amide bonds. The molecule has 0 bridgehead atoms. The molecule has 3 rings (SSSR count). The van der Waals surface area contributed by atoms with Crippen LogP contribution in [0.15, 0.2) is 41.4 Å². The minimum absolute atomic E-state index is 0.837. The highest BCUT2D eigenvalue weighted by Gasteiger charge is 2.13. The Labute approximate surface area is 96.3 Å². The molecule has 1 aromatic rings. The zero-order valence-electron chi connectivity index (χ0n) is 9.39. The van der Waals surface area contributed by atoms with Gasteiger partial charge in [-0.05, 0) is 31.1 Å². The Morgan fingerprint density at radius 1 is 1.12 bits per heavy atom. The van der Waals surface area contributed by atoms with Crippen molar-refractivity contribution < 1.29 is 0 Å². The van der Waals surface area contributed by atoms with Crippen molar-refractivity contribution in [3.63, 3.8) is 0 Å². The molecule has 0 radical (unpaired) electrons. The van der Waals surface area contributed by atoms with Gasteiger partial charge in [0, 0.05) is 24.3 Å². The maximum absolute atomic E-state index is 4.46. The third kappa shape index (κ3) is 1.75. The lowest BCUT2D eigenvalue weighted by molar-refractivity contribution is 0.949. The summed E-state index contributed by atoms with van der Waals surface area (Å²) in [4.78, 5) is 6.92. The van der Waals surface area contributed by atoms with Gasteiger partial charge in [0.2, 0.25) is 0 Å². The average Bonchev–Trinajstić information content (AvgIpc) is 3.03. The summed E-state index contributed by atoms with van der Waals surface area (Å²) < 4.78 is 0. The largest absolute Gasteiger partial charge is 0.372 e. The van der Waals surface area contributed by atoms with Crippen molar-refractivity contribution in [1.82, 2.24) is 0 Å². The first-order chi connectivity index (χ1) is 7.93. The fourth-order valence-electron chi connectivity index (χ4n) is 2.39. The minimum atomic E-state index is 0.837. The molecule has 2 heterocycles. The van der Waals surface area contributed by atoms with Crippen LogP contribution in [0, 0.1) is 0 Å². The highest BCUT2D eigenvalue weighted by molar-refractivity contribution is 6.10. The van der Waals surface area contributed by atoms with E-state index in [-0.39, 0.29) is 0 Å². The lowest BCUT2D eigenvalue weighted by atomic mass is 10.1. The Bertz CT molecular complexity index is 440. The van der Waals surface area contributed by atoms with Crippen LogP contribution in [0.2, 0.25) is 0 Å². The minimum Gasteiger partial charge on any atom is -0.372 e. The molecule has 0 saturated carbocycles. The molecule has 1 saturated heterocycles. The Morgan fingerprint density at radius 2 is 2.00 bits per heavy atom. The average molecular weight is 212 g/mol. The summed E-state index contributed by atoms with van der Waals surface area (Å²) in [5.41, 5.74) is 3.72. The molecule has 0 atom stereocenters. The van der Waals surface area contributed by atoms with Gasteiger partial charge in [-0.1, -0.05) is 18.2 Å². The zero-order chi connectivity index (χ0) is 10.8.